The lowest BCUT2D eigenvalue weighted by Gasteiger charge is -2.23. The van der Waals surface area contributed by atoms with Gasteiger partial charge in [-0.3, -0.25) is 0 Å². The Bertz CT molecular complexity index is 2460. The standard InChI is InChI=1S/C46H34/c1-28-12-4-9-17-34(28)42-26-41(33-24-31-15-7-8-16-32(31)25-33)37-20-21-39-43(35-18-10-5-13-29(35)2)27-44(36-19-11-6-14-30(36)3)40-23-22-38(42)45(37)46(39)40/h4-24,26-27H,25H2,1-3H3. The van der Waals surface area contributed by atoms with Gasteiger partial charge in [0.15, 0.2) is 0 Å². The highest BCUT2D eigenvalue weighted by atomic mass is 14.3. The molecule has 1 aliphatic carbocycles. The van der Waals surface area contributed by atoms with E-state index in [0.717, 1.165) is 6.42 Å². The van der Waals surface area contributed by atoms with E-state index in [0.29, 0.717) is 0 Å². The Morgan fingerprint density at radius 3 is 1.22 bits per heavy atom. The molecule has 1 aliphatic rings. The quantitative estimate of drug-likeness (QED) is 0.180. The van der Waals surface area contributed by atoms with Gasteiger partial charge in [-0.25, -0.2) is 0 Å². The first-order chi connectivity index (χ1) is 22.6. The van der Waals surface area contributed by atoms with E-state index in [1.54, 1.807) is 0 Å². The van der Waals surface area contributed by atoms with Crippen molar-refractivity contribution >= 4 is 44.0 Å². The molecule has 8 aromatic rings. The van der Waals surface area contributed by atoms with Crippen molar-refractivity contribution in [1.29, 1.82) is 0 Å². The zero-order valence-corrected chi connectivity index (χ0v) is 26.5. The van der Waals surface area contributed by atoms with Crippen LogP contribution in [0.25, 0.3) is 77.3 Å². The predicted molar refractivity (Wildman–Crippen MR) is 199 cm³/mol. The molecule has 0 amide bonds. The van der Waals surface area contributed by atoms with E-state index in [1.807, 2.05) is 0 Å². The lowest BCUT2D eigenvalue weighted by Crippen LogP contribution is -1.97. The maximum absolute atomic E-state index is 2.48. The minimum atomic E-state index is 0.955. The summed E-state index contributed by atoms with van der Waals surface area (Å²) in [4.78, 5) is 0. The second kappa shape index (κ2) is 10.3. The molecule has 0 heterocycles. The number of fused-ring (bicyclic) bond motifs is 1. The summed E-state index contributed by atoms with van der Waals surface area (Å²) < 4.78 is 0. The highest BCUT2D eigenvalue weighted by Crippen LogP contribution is 2.49. The van der Waals surface area contributed by atoms with Crippen LogP contribution in [0.4, 0.5) is 0 Å². The van der Waals surface area contributed by atoms with Crippen molar-refractivity contribution in [3.63, 3.8) is 0 Å². The third-order valence-corrected chi connectivity index (χ3v) is 10.3. The third kappa shape index (κ3) is 4.00. The number of rotatable bonds is 4. The molecule has 46 heavy (non-hydrogen) atoms. The van der Waals surface area contributed by atoms with Gasteiger partial charge in [0.1, 0.15) is 0 Å². The van der Waals surface area contributed by atoms with Crippen molar-refractivity contribution in [2.45, 2.75) is 27.2 Å². The molecule has 218 valence electrons. The molecule has 0 radical (unpaired) electrons. The first-order valence-electron chi connectivity index (χ1n) is 16.3. The van der Waals surface area contributed by atoms with Crippen LogP contribution in [0.3, 0.4) is 0 Å². The van der Waals surface area contributed by atoms with Crippen LogP contribution in [0.15, 0.2) is 133 Å². The SMILES string of the molecule is Cc1ccccc1-c1cc(C2=Cc3ccccc3C2)c2ccc3c(-c4ccccc4C)cc(-c4ccccc4C)c4ccc1c2c34. The van der Waals surface area contributed by atoms with Crippen molar-refractivity contribution in [3.8, 4) is 33.4 Å². The smallest absolute Gasteiger partial charge is 0.00135 e. The molecule has 9 rings (SSSR count). The Morgan fingerprint density at radius 2 is 0.761 bits per heavy atom. The summed E-state index contributed by atoms with van der Waals surface area (Å²) in [5.41, 5.74) is 17.2. The molecule has 0 heteroatoms. The maximum Gasteiger partial charge on any atom is -0.00135 e. The molecule has 0 saturated heterocycles. The van der Waals surface area contributed by atoms with Gasteiger partial charge in [0.25, 0.3) is 0 Å². The average Bonchev–Trinajstić information content (AvgIpc) is 3.52. The Balaban J connectivity index is 1.47. The molecular formula is C46H34. The minimum absolute atomic E-state index is 0.955. The molecule has 0 aromatic heterocycles. The molecule has 0 bridgehead atoms. The molecule has 0 nitrogen and oxygen atoms in total. The van der Waals surface area contributed by atoms with Crippen LogP contribution in [0, 0.1) is 20.8 Å². The molecular weight excluding hydrogens is 553 g/mol. The minimum Gasteiger partial charge on any atom is -0.0620 e. The average molecular weight is 587 g/mol. The maximum atomic E-state index is 2.48. The monoisotopic (exact) mass is 586 g/mol. The summed E-state index contributed by atoms with van der Waals surface area (Å²) >= 11 is 0. The van der Waals surface area contributed by atoms with Gasteiger partial charge in [-0.15, -0.1) is 0 Å². The summed E-state index contributed by atoms with van der Waals surface area (Å²) in [6.07, 6.45) is 3.37. The van der Waals surface area contributed by atoms with Crippen molar-refractivity contribution < 1.29 is 0 Å². The fourth-order valence-corrected chi connectivity index (χ4v) is 8.01. The molecule has 0 unspecified atom stereocenters. The first-order valence-corrected chi connectivity index (χ1v) is 16.3. The van der Waals surface area contributed by atoms with Gasteiger partial charge in [-0.2, -0.15) is 0 Å². The summed E-state index contributed by atoms with van der Waals surface area (Å²) in [5.74, 6) is 0. The lowest BCUT2D eigenvalue weighted by atomic mass is 9.80. The van der Waals surface area contributed by atoms with E-state index in [-0.39, 0.29) is 0 Å². The van der Waals surface area contributed by atoms with E-state index < -0.39 is 0 Å². The van der Waals surface area contributed by atoms with Crippen molar-refractivity contribution in [1.82, 2.24) is 0 Å². The Hall–Kier alpha value is -5.46. The van der Waals surface area contributed by atoms with Crippen LogP contribution >= 0.6 is 0 Å². The number of allylic oxidation sites excluding steroid dienone is 1. The largest absolute Gasteiger partial charge is 0.0620 e. The van der Waals surface area contributed by atoms with Crippen LogP contribution in [0.1, 0.15) is 33.4 Å². The molecule has 0 spiro atoms. The van der Waals surface area contributed by atoms with E-state index in [2.05, 4.69) is 160 Å². The summed E-state index contributed by atoms with van der Waals surface area (Å²) in [6.45, 7) is 6.71. The molecule has 0 aliphatic heterocycles. The van der Waals surface area contributed by atoms with Crippen LogP contribution in [-0.2, 0) is 6.42 Å². The fraction of sp³-hybridized carbons (Fsp3) is 0.0870. The van der Waals surface area contributed by atoms with E-state index in [1.165, 1.54) is 105 Å². The zero-order valence-electron chi connectivity index (χ0n) is 26.5. The summed E-state index contributed by atoms with van der Waals surface area (Å²) in [7, 11) is 0. The summed E-state index contributed by atoms with van der Waals surface area (Å²) in [6, 6.07) is 49.9. The number of hydrogen-bond acceptors (Lipinski definition) is 0. The highest BCUT2D eigenvalue weighted by Gasteiger charge is 2.24. The molecule has 0 N–H and O–H groups in total. The fourth-order valence-electron chi connectivity index (χ4n) is 8.01. The van der Waals surface area contributed by atoms with E-state index >= 15 is 0 Å². The van der Waals surface area contributed by atoms with Gasteiger partial charge in [0.05, 0.1) is 0 Å². The van der Waals surface area contributed by atoms with Gasteiger partial charge in [-0.05, 0) is 144 Å². The van der Waals surface area contributed by atoms with Crippen LogP contribution in [-0.4, -0.2) is 0 Å². The second-order valence-corrected chi connectivity index (χ2v) is 13.0. The van der Waals surface area contributed by atoms with Gasteiger partial charge >= 0.3 is 0 Å². The molecule has 0 fully saturated rings. The van der Waals surface area contributed by atoms with Crippen molar-refractivity contribution in [2.24, 2.45) is 0 Å². The van der Waals surface area contributed by atoms with Crippen LogP contribution in [0.5, 0.6) is 0 Å². The van der Waals surface area contributed by atoms with E-state index in [4.69, 9.17) is 0 Å². The Labute approximate surface area is 270 Å². The van der Waals surface area contributed by atoms with Crippen molar-refractivity contribution in [3.05, 3.63) is 167 Å². The normalized spacial score (nSPS) is 12.7. The zero-order chi connectivity index (χ0) is 30.9. The Kier molecular flexibility index (Phi) is 6.02. The second-order valence-electron chi connectivity index (χ2n) is 13.0. The van der Waals surface area contributed by atoms with Gasteiger partial charge in [-0.1, -0.05) is 127 Å². The third-order valence-electron chi connectivity index (χ3n) is 10.3. The topological polar surface area (TPSA) is 0 Å². The van der Waals surface area contributed by atoms with Crippen molar-refractivity contribution in [2.75, 3.05) is 0 Å². The molecule has 8 aromatic carbocycles. The highest BCUT2D eigenvalue weighted by molar-refractivity contribution is 6.31. The Morgan fingerprint density at radius 1 is 0.370 bits per heavy atom. The van der Waals surface area contributed by atoms with Gasteiger partial charge < -0.3 is 0 Å². The lowest BCUT2D eigenvalue weighted by molar-refractivity contribution is 1.32. The molecule has 0 saturated carbocycles. The number of benzene rings is 8. The van der Waals surface area contributed by atoms with Gasteiger partial charge in [0, 0.05) is 0 Å². The number of hydrogen-bond donors (Lipinski definition) is 0. The van der Waals surface area contributed by atoms with Gasteiger partial charge in [0.2, 0.25) is 0 Å². The number of aryl methyl sites for hydroxylation is 3. The van der Waals surface area contributed by atoms with Crippen LogP contribution < -0.4 is 0 Å². The predicted octanol–water partition coefficient (Wildman–Crippen LogP) is 12.6. The first kappa shape index (κ1) is 26.9. The van der Waals surface area contributed by atoms with Crippen LogP contribution in [0.2, 0.25) is 0 Å². The summed E-state index contributed by atoms with van der Waals surface area (Å²) in [5, 5.41) is 8.02. The molecule has 0 atom stereocenters. The van der Waals surface area contributed by atoms with E-state index in [9.17, 15) is 0 Å².